The zero-order valence-corrected chi connectivity index (χ0v) is 12.0. The fourth-order valence-electron chi connectivity index (χ4n) is 2.30. The molecule has 106 valence electrons. The Bertz CT molecular complexity index is 818. The third kappa shape index (κ3) is 2.38. The molecule has 2 heterocycles. The van der Waals surface area contributed by atoms with E-state index in [0.717, 1.165) is 17.8 Å². The number of nitrogens with one attached hydrogen (secondary N) is 1. The summed E-state index contributed by atoms with van der Waals surface area (Å²) in [5.41, 5.74) is 2.95. The van der Waals surface area contributed by atoms with Crippen LogP contribution in [-0.2, 0) is 6.54 Å². The molecule has 0 atom stereocenters. The molecule has 0 unspecified atom stereocenters. The summed E-state index contributed by atoms with van der Waals surface area (Å²) >= 11 is 0. The summed E-state index contributed by atoms with van der Waals surface area (Å²) in [6.45, 7) is 4.58. The van der Waals surface area contributed by atoms with Crippen LogP contribution in [0.3, 0.4) is 0 Å². The molecule has 2 aromatic heterocycles. The van der Waals surface area contributed by atoms with E-state index in [9.17, 15) is 4.79 Å². The van der Waals surface area contributed by atoms with Crippen molar-refractivity contribution in [3.8, 4) is 22.8 Å². The van der Waals surface area contributed by atoms with Crippen molar-refractivity contribution < 1.29 is 0 Å². The van der Waals surface area contributed by atoms with E-state index < -0.39 is 0 Å². The van der Waals surface area contributed by atoms with Crippen molar-refractivity contribution in [1.82, 2.24) is 19.5 Å². The Balaban J connectivity index is 2.22. The number of H-pyrrole nitrogens is 1. The molecule has 1 N–H and O–H groups in total. The molecule has 0 radical (unpaired) electrons. The Morgan fingerprint density at radius 1 is 1.24 bits per heavy atom. The number of nitrogens with zero attached hydrogens (tertiary/aromatic N) is 3. The SMILES string of the molecule is CCn1cncc1-c1nc(-c2ccccc2)c(C)c(=O)[nH]1. The Morgan fingerprint density at radius 2 is 2.00 bits per heavy atom. The summed E-state index contributed by atoms with van der Waals surface area (Å²) in [5, 5.41) is 0. The lowest BCUT2D eigenvalue weighted by Gasteiger charge is -2.09. The van der Waals surface area contributed by atoms with Crippen molar-refractivity contribution in [1.29, 1.82) is 0 Å². The Morgan fingerprint density at radius 3 is 2.71 bits per heavy atom. The van der Waals surface area contributed by atoms with E-state index in [1.54, 1.807) is 19.4 Å². The van der Waals surface area contributed by atoms with Gasteiger partial charge in [0.15, 0.2) is 5.82 Å². The molecular formula is C16H16N4O. The zero-order chi connectivity index (χ0) is 14.8. The molecule has 0 fully saturated rings. The van der Waals surface area contributed by atoms with Gasteiger partial charge in [0.1, 0.15) is 5.69 Å². The van der Waals surface area contributed by atoms with E-state index in [1.807, 2.05) is 41.8 Å². The Kier molecular flexibility index (Phi) is 3.39. The standard InChI is InChI=1S/C16H16N4O/c1-3-20-10-17-9-13(20)15-18-14(11(2)16(21)19-15)12-7-5-4-6-8-12/h4-10H,3H2,1-2H3,(H,18,19,21). The van der Waals surface area contributed by atoms with Crippen LogP contribution >= 0.6 is 0 Å². The molecule has 3 aromatic rings. The van der Waals surface area contributed by atoms with Crippen LogP contribution in [0.1, 0.15) is 12.5 Å². The maximum atomic E-state index is 12.2. The Hall–Kier alpha value is -2.69. The third-order valence-electron chi connectivity index (χ3n) is 3.49. The summed E-state index contributed by atoms with van der Waals surface area (Å²) in [5.74, 6) is 0.545. The second-order valence-electron chi connectivity index (χ2n) is 4.82. The summed E-state index contributed by atoms with van der Waals surface area (Å²) in [7, 11) is 0. The zero-order valence-electron chi connectivity index (χ0n) is 12.0. The van der Waals surface area contributed by atoms with Crippen molar-refractivity contribution in [3.63, 3.8) is 0 Å². The molecule has 1 aromatic carbocycles. The number of rotatable bonds is 3. The van der Waals surface area contributed by atoms with Crippen LogP contribution < -0.4 is 5.56 Å². The fraction of sp³-hybridized carbons (Fsp3) is 0.188. The molecule has 0 aliphatic rings. The highest BCUT2D eigenvalue weighted by molar-refractivity contribution is 5.65. The van der Waals surface area contributed by atoms with Gasteiger partial charge in [-0.2, -0.15) is 0 Å². The maximum absolute atomic E-state index is 12.2. The molecule has 0 aliphatic heterocycles. The predicted octanol–water partition coefficient (Wildman–Crippen LogP) is 2.63. The highest BCUT2D eigenvalue weighted by Crippen LogP contribution is 2.21. The first kappa shape index (κ1) is 13.3. The van der Waals surface area contributed by atoms with Crippen molar-refractivity contribution in [2.75, 3.05) is 0 Å². The van der Waals surface area contributed by atoms with E-state index in [-0.39, 0.29) is 5.56 Å². The summed E-state index contributed by atoms with van der Waals surface area (Å²) in [6.07, 6.45) is 3.45. The van der Waals surface area contributed by atoms with Gasteiger partial charge in [-0.25, -0.2) is 9.97 Å². The first-order chi connectivity index (χ1) is 10.2. The molecule has 0 aliphatic carbocycles. The number of hydrogen-bond acceptors (Lipinski definition) is 3. The van der Waals surface area contributed by atoms with Crippen LogP contribution in [0.4, 0.5) is 0 Å². The predicted molar refractivity (Wildman–Crippen MR) is 81.9 cm³/mol. The van der Waals surface area contributed by atoms with Crippen molar-refractivity contribution in [2.24, 2.45) is 0 Å². The Labute approximate surface area is 122 Å². The van der Waals surface area contributed by atoms with Gasteiger partial charge in [-0.1, -0.05) is 30.3 Å². The van der Waals surface area contributed by atoms with E-state index in [0.29, 0.717) is 17.1 Å². The average Bonchev–Trinajstić information content (AvgIpc) is 2.99. The minimum atomic E-state index is -0.122. The smallest absolute Gasteiger partial charge is 0.254 e. The number of aryl methyl sites for hydroxylation is 1. The normalized spacial score (nSPS) is 10.8. The van der Waals surface area contributed by atoms with E-state index in [4.69, 9.17) is 0 Å². The van der Waals surface area contributed by atoms with Gasteiger partial charge in [-0.15, -0.1) is 0 Å². The van der Waals surface area contributed by atoms with Gasteiger partial charge in [0.25, 0.3) is 5.56 Å². The second-order valence-corrected chi connectivity index (χ2v) is 4.82. The number of hydrogen-bond donors (Lipinski definition) is 1. The second kappa shape index (κ2) is 5.36. The third-order valence-corrected chi connectivity index (χ3v) is 3.49. The number of benzene rings is 1. The minimum absolute atomic E-state index is 0.122. The van der Waals surface area contributed by atoms with Crippen molar-refractivity contribution in [2.45, 2.75) is 20.4 Å². The summed E-state index contributed by atoms with van der Waals surface area (Å²) < 4.78 is 1.95. The fourth-order valence-corrected chi connectivity index (χ4v) is 2.30. The van der Waals surface area contributed by atoms with Crippen LogP contribution in [0.15, 0.2) is 47.7 Å². The minimum Gasteiger partial charge on any atom is -0.328 e. The summed E-state index contributed by atoms with van der Waals surface area (Å²) in [6, 6.07) is 9.73. The number of imidazole rings is 1. The highest BCUT2D eigenvalue weighted by Gasteiger charge is 2.13. The first-order valence-electron chi connectivity index (χ1n) is 6.87. The van der Waals surface area contributed by atoms with Gasteiger partial charge in [0.05, 0.1) is 18.2 Å². The monoisotopic (exact) mass is 280 g/mol. The van der Waals surface area contributed by atoms with Crippen LogP contribution in [0.5, 0.6) is 0 Å². The quantitative estimate of drug-likeness (QED) is 0.802. The molecule has 0 spiro atoms. The number of aromatic nitrogens is 4. The lowest BCUT2D eigenvalue weighted by molar-refractivity contribution is 0.763. The van der Waals surface area contributed by atoms with Gasteiger partial charge in [-0.3, -0.25) is 4.79 Å². The van der Waals surface area contributed by atoms with Gasteiger partial charge in [-0.05, 0) is 13.8 Å². The van der Waals surface area contributed by atoms with E-state index in [2.05, 4.69) is 15.0 Å². The molecule has 3 rings (SSSR count). The topological polar surface area (TPSA) is 63.6 Å². The molecule has 21 heavy (non-hydrogen) atoms. The van der Waals surface area contributed by atoms with Crippen LogP contribution in [-0.4, -0.2) is 19.5 Å². The average molecular weight is 280 g/mol. The molecule has 0 saturated heterocycles. The van der Waals surface area contributed by atoms with Crippen LogP contribution in [0, 0.1) is 6.92 Å². The van der Waals surface area contributed by atoms with E-state index in [1.165, 1.54) is 0 Å². The molecule has 0 bridgehead atoms. The largest absolute Gasteiger partial charge is 0.328 e. The summed E-state index contributed by atoms with van der Waals surface area (Å²) in [4.78, 5) is 23.8. The van der Waals surface area contributed by atoms with Crippen LogP contribution in [0.2, 0.25) is 0 Å². The highest BCUT2D eigenvalue weighted by atomic mass is 16.1. The van der Waals surface area contributed by atoms with E-state index >= 15 is 0 Å². The van der Waals surface area contributed by atoms with Crippen LogP contribution in [0.25, 0.3) is 22.8 Å². The van der Waals surface area contributed by atoms with Gasteiger partial charge >= 0.3 is 0 Å². The lowest BCUT2D eigenvalue weighted by Crippen LogP contribution is -2.15. The van der Waals surface area contributed by atoms with Crippen molar-refractivity contribution >= 4 is 0 Å². The molecule has 5 heteroatoms. The van der Waals surface area contributed by atoms with Gasteiger partial charge in [0, 0.05) is 17.7 Å². The van der Waals surface area contributed by atoms with Crippen molar-refractivity contribution in [3.05, 3.63) is 58.8 Å². The van der Waals surface area contributed by atoms with Gasteiger partial charge in [0.2, 0.25) is 0 Å². The maximum Gasteiger partial charge on any atom is 0.254 e. The molecule has 0 amide bonds. The molecular weight excluding hydrogens is 264 g/mol. The lowest BCUT2D eigenvalue weighted by atomic mass is 10.1. The molecule has 5 nitrogen and oxygen atoms in total. The molecule has 0 saturated carbocycles. The first-order valence-corrected chi connectivity index (χ1v) is 6.87. The van der Waals surface area contributed by atoms with Gasteiger partial charge < -0.3 is 9.55 Å². The number of aromatic amines is 1.